The zero-order chi connectivity index (χ0) is 23.4. The zero-order valence-corrected chi connectivity index (χ0v) is 19.3. The molecule has 0 aromatic heterocycles. The van der Waals surface area contributed by atoms with Crippen molar-refractivity contribution in [2.24, 2.45) is 5.10 Å². The van der Waals surface area contributed by atoms with Crippen molar-refractivity contribution in [3.8, 4) is 23.0 Å². The fraction of sp³-hybridized carbons (Fsp3) is 0.208. The van der Waals surface area contributed by atoms with Gasteiger partial charge in [0.25, 0.3) is 10.0 Å². The van der Waals surface area contributed by atoms with E-state index in [1.807, 2.05) is 25.1 Å². The van der Waals surface area contributed by atoms with E-state index in [-0.39, 0.29) is 11.7 Å². The van der Waals surface area contributed by atoms with Crippen molar-refractivity contribution in [1.82, 2.24) is 4.83 Å². The highest BCUT2D eigenvalue weighted by Gasteiger charge is 2.18. The molecule has 0 bridgehead atoms. The first-order chi connectivity index (χ1) is 15.9. The topological polar surface area (TPSA) is 95.4 Å². The third-order valence-electron chi connectivity index (χ3n) is 5.13. The molecule has 0 fully saturated rings. The van der Waals surface area contributed by atoms with Crippen molar-refractivity contribution in [2.45, 2.75) is 18.2 Å². The summed E-state index contributed by atoms with van der Waals surface area (Å²) in [5.74, 6) is 2.42. The standard InChI is InChI=1S/C24H24N2O6S/c1-16-4-7-21(8-5-16)33(27,28)26-25-22(18-12-19(29-2)14-20(13-18)30-3)10-17-6-9-23-24(11-17)32-15-31-23/h4-9,11-14,26H,10,15H2,1-3H3/b25-22-. The highest BCUT2D eigenvalue weighted by Crippen LogP contribution is 2.33. The molecule has 8 nitrogen and oxygen atoms in total. The second kappa shape index (κ2) is 9.41. The number of methoxy groups -OCH3 is 2. The summed E-state index contributed by atoms with van der Waals surface area (Å²) in [6.45, 7) is 2.06. The minimum absolute atomic E-state index is 0.127. The Morgan fingerprint density at radius 3 is 2.27 bits per heavy atom. The molecule has 9 heteroatoms. The maximum atomic E-state index is 12.8. The van der Waals surface area contributed by atoms with Crippen molar-refractivity contribution in [3.05, 3.63) is 77.4 Å². The Labute approximate surface area is 192 Å². The summed E-state index contributed by atoms with van der Waals surface area (Å²) >= 11 is 0. The lowest BCUT2D eigenvalue weighted by atomic mass is 10.0. The summed E-state index contributed by atoms with van der Waals surface area (Å²) in [5.41, 5.74) is 2.95. The molecule has 4 rings (SSSR count). The van der Waals surface area contributed by atoms with E-state index < -0.39 is 10.0 Å². The monoisotopic (exact) mass is 468 g/mol. The van der Waals surface area contributed by atoms with Crippen LogP contribution in [-0.4, -0.2) is 35.1 Å². The molecule has 1 heterocycles. The lowest BCUT2D eigenvalue weighted by Gasteiger charge is -2.12. The molecular weight excluding hydrogens is 444 g/mol. The molecule has 0 amide bonds. The summed E-state index contributed by atoms with van der Waals surface area (Å²) in [6, 6.07) is 17.4. The van der Waals surface area contributed by atoms with Gasteiger partial charge >= 0.3 is 0 Å². The predicted molar refractivity (Wildman–Crippen MR) is 124 cm³/mol. The van der Waals surface area contributed by atoms with Crippen LogP contribution >= 0.6 is 0 Å². The Bertz CT molecular complexity index is 1260. The molecule has 0 atom stereocenters. The van der Waals surface area contributed by atoms with Gasteiger partial charge in [0.15, 0.2) is 11.5 Å². The maximum absolute atomic E-state index is 12.8. The summed E-state index contributed by atoms with van der Waals surface area (Å²) in [7, 11) is -0.760. The molecule has 0 aliphatic carbocycles. The minimum atomic E-state index is -3.86. The van der Waals surface area contributed by atoms with E-state index in [2.05, 4.69) is 9.93 Å². The largest absolute Gasteiger partial charge is 0.497 e. The Hall–Kier alpha value is -3.72. The first-order valence-electron chi connectivity index (χ1n) is 10.1. The number of nitrogens with zero attached hydrogens (tertiary/aromatic N) is 1. The molecule has 3 aromatic carbocycles. The van der Waals surface area contributed by atoms with Crippen molar-refractivity contribution in [1.29, 1.82) is 0 Å². The summed E-state index contributed by atoms with van der Waals surface area (Å²) in [4.78, 5) is 2.49. The van der Waals surface area contributed by atoms with Crippen LogP contribution in [-0.2, 0) is 16.4 Å². The number of aryl methyl sites for hydroxylation is 1. The molecule has 1 N–H and O–H groups in total. The SMILES string of the molecule is COc1cc(OC)cc(/C(Cc2ccc3c(c2)OCO3)=N\NS(=O)(=O)c2ccc(C)cc2)c1. The van der Waals surface area contributed by atoms with E-state index in [0.29, 0.717) is 40.7 Å². The molecule has 33 heavy (non-hydrogen) atoms. The van der Waals surface area contributed by atoms with Gasteiger partial charge in [-0.3, -0.25) is 0 Å². The highest BCUT2D eigenvalue weighted by molar-refractivity contribution is 7.89. The number of sulfonamides is 1. The third kappa shape index (κ3) is 5.20. The number of hydrazone groups is 1. The molecular formula is C24H24N2O6S. The van der Waals surface area contributed by atoms with Crippen molar-refractivity contribution < 1.29 is 27.4 Å². The first kappa shape index (κ1) is 22.5. The highest BCUT2D eigenvalue weighted by atomic mass is 32.2. The Kier molecular flexibility index (Phi) is 6.41. The number of hydrogen-bond acceptors (Lipinski definition) is 7. The van der Waals surface area contributed by atoms with Gasteiger partial charge < -0.3 is 18.9 Å². The molecule has 172 valence electrons. The van der Waals surface area contributed by atoms with E-state index in [4.69, 9.17) is 18.9 Å². The third-order valence-corrected chi connectivity index (χ3v) is 6.35. The average Bonchev–Trinajstić information content (AvgIpc) is 3.29. The quantitative estimate of drug-likeness (QED) is 0.400. The Morgan fingerprint density at radius 1 is 0.939 bits per heavy atom. The Morgan fingerprint density at radius 2 is 1.61 bits per heavy atom. The molecule has 3 aromatic rings. The molecule has 1 aliphatic heterocycles. The van der Waals surface area contributed by atoms with Crippen LogP contribution in [0.2, 0.25) is 0 Å². The first-order valence-corrected chi connectivity index (χ1v) is 11.6. The number of rotatable bonds is 8. The number of fused-ring (bicyclic) bond motifs is 1. The van der Waals surface area contributed by atoms with E-state index in [0.717, 1.165) is 11.1 Å². The maximum Gasteiger partial charge on any atom is 0.276 e. The van der Waals surface area contributed by atoms with Gasteiger partial charge in [0.2, 0.25) is 6.79 Å². The lowest BCUT2D eigenvalue weighted by molar-refractivity contribution is 0.174. The fourth-order valence-electron chi connectivity index (χ4n) is 3.31. The molecule has 0 saturated carbocycles. The summed E-state index contributed by atoms with van der Waals surface area (Å²) in [5, 5.41) is 4.30. The van der Waals surface area contributed by atoms with Gasteiger partial charge in [-0.25, -0.2) is 0 Å². The van der Waals surface area contributed by atoms with Crippen LogP contribution in [0.4, 0.5) is 0 Å². The summed E-state index contributed by atoms with van der Waals surface area (Å²) in [6.07, 6.45) is 0.323. The van der Waals surface area contributed by atoms with E-state index in [9.17, 15) is 8.42 Å². The van der Waals surface area contributed by atoms with Crippen molar-refractivity contribution in [2.75, 3.05) is 21.0 Å². The van der Waals surface area contributed by atoms with Gasteiger partial charge in [-0.2, -0.15) is 18.4 Å². The predicted octanol–water partition coefficient (Wildman–Crippen LogP) is 3.67. The van der Waals surface area contributed by atoms with Crippen LogP contribution in [0.25, 0.3) is 0 Å². The fourth-order valence-corrected chi connectivity index (χ4v) is 4.14. The molecule has 0 saturated heterocycles. The second-order valence-corrected chi connectivity index (χ2v) is 9.09. The van der Waals surface area contributed by atoms with Gasteiger partial charge in [-0.05, 0) is 48.9 Å². The average molecular weight is 469 g/mol. The van der Waals surface area contributed by atoms with Crippen LogP contribution in [0.15, 0.2) is 70.7 Å². The van der Waals surface area contributed by atoms with Crippen LogP contribution in [0.1, 0.15) is 16.7 Å². The number of hydrogen-bond donors (Lipinski definition) is 1. The normalized spacial score (nSPS) is 13.0. The van der Waals surface area contributed by atoms with E-state index in [1.54, 1.807) is 56.7 Å². The van der Waals surface area contributed by atoms with Crippen LogP contribution in [0.3, 0.4) is 0 Å². The van der Waals surface area contributed by atoms with Crippen molar-refractivity contribution in [3.63, 3.8) is 0 Å². The zero-order valence-electron chi connectivity index (χ0n) is 18.5. The minimum Gasteiger partial charge on any atom is -0.497 e. The van der Waals surface area contributed by atoms with Crippen LogP contribution < -0.4 is 23.8 Å². The van der Waals surface area contributed by atoms with Crippen LogP contribution in [0, 0.1) is 6.92 Å². The smallest absolute Gasteiger partial charge is 0.276 e. The van der Waals surface area contributed by atoms with Crippen LogP contribution in [0.5, 0.6) is 23.0 Å². The van der Waals surface area contributed by atoms with Gasteiger partial charge in [0.1, 0.15) is 11.5 Å². The lowest BCUT2D eigenvalue weighted by Crippen LogP contribution is -2.21. The summed E-state index contributed by atoms with van der Waals surface area (Å²) < 4.78 is 47.2. The second-order valence-electron chi connectivity index (χ2n) is 7.43. The molecule has 0 spiro atoms. The number of ether oxygens (including phenoxy) is 4. The van der Waals surface area contributed by atoms with E-state index in [1.165, 1.54) is 0 Å². The molecule has 0 radical (unpaired) electrons. The number of benzene rings is 3. The number of nitrogens with one attached hydrogen (secondary N) is 1. The van der Waals surface area contributed by atoms with Crippen molar-refractivity contribution >= 4 is 15.7 Å². The molecule has 0 unspecified atom stereocenters. The van der Waals surface area contributed by atoms with E-state index >= 15 is 0 Å². The van der Waals surface area contributed by atoms with Gasteiger partial charge in [-0.15, -0.1) is 0 Å². The Balaban J connectivity index is 1.71. The van der Waals surface area contributed by atoms with Gasteiger partial charge in [0.05, 0.1) is 24.8 Å². The molecule has 1 aliphatic rings. The van der Waals surface area contributed by atoms with Gasteiger partial charge in [0, 0.05) is 18.1 Å². The van der Waals surface area contributed by atoms with Gasteiger partial charge in [-0.1, -0.05) is 23.8 Å².